The monoisotopic (exact) mass is 588 g/mol. The molecular weight excluding hydrogens is 574 g/mol. The first kappa shape index (κ1) is 30.3. The van der Waals surface area contributed by atoms with Gasteiger partial charge in [-0.15, -0.1) is 0 Å². The van der Waals surface area contributed by atoms with E-state index < -0.39 is 51.7 Å². The lowest BCUT2D eigenvalue weighted by atomic mass is 9.90. The summed E-state index contributed by atoms with van der Waals surface area (Å²) in [6, 6.07) is 10.3. The van der Waals surface area contributed by atoms with E-state index in [9.17, 15) is 35.4 Å². The lowest BCUT2D eigenvalue weighted by Gasteiger charge is -2.25. The predicted octanol–water partition coefficient (Wildman–Crippen LogP) is 6.00. The Morgan fingerprint density at radius 3 is 1.98 bits per heavy atom. The molecule has 202 valence electrons. The number of nitriles is 4. The van der Waals surface area contributed by atoms with Crippen LogP contribution >= 0.6 is 23.4 Å². The summed E-state index contributed by atoms with van der Waals surface area (Å²) < 4.78 is 31.3. The molecule has 0 spiro atoms. The van der Waals surface area contributed by atoms with Crippen molar-refractivity contribution in [2.75, 3.05) is 10.2 Å². The van der Waals surface area contributed by atoms with Crippen molar-refractivity contribution in [3.63, 3.8) is 0 Å². The molecule has 3 aromatic carbocycles. The molecule has 41 heavy (non-hydrogen) atoms. The van der Waals surface area contributed by atoms with Gasteiger partial charge in [0.05, 0.1) is 28.1 Å². The fourth-order valence-electron chi connectivity index (χ4n) is 4.12. The van der Waals surface area contributed by atoms with Crippen molar-refractivity contribution in [1.29, 1.82) is 21.0 Å². The van der Waals surface area contributed by atoms with E-state index in [2.05, 4.69) is 5.32 Å². The maximum Gasteiger partial charge on any atom is 0.230 e. The molecular formula is C28H15ClF2N6O3S. The first-order valence-electron chi connectivity index (χ1n) is 11.3. The predicted molar refractivity (Wildman–Crippen MR) is 146 cm³/mol. The number of carbonyl (C=O) groups excluding carboxylic acids is 3. The maximum atomic E-state index is 16.0. The molecule has 0 fully saturated rings. The lowest BCUT2D eigenvalue weighted by molar-refractivity contribution is -0.124. The number of amides is 3. The van der Waals surface area contributed by atoms with Crippen LogP contribution in [0.3, 0.4) is 0 Å². The number of carbonyl (C=O) groups is 3. The fourth-order valence-corrected chi connectivity index (χ4v) is 4.87. The second-order valence-electron chi connectivity index (χ2n) is 8.29. The third-order valence-electron chi connectivity index (χ3n) is 5.66. The molecule has 0 unspecified atom stereocenters. The molecule has 0 saturated carbocycles. The molecule has 0 aliphatic rings. The average Bonchev–Trinajstić information content (AvgIpc) is 2.90. The van der Waals surface area contributed by atoms with Crippen LogP contribution in [0, 0.1) is 56.3 Å². The van der Waals surface area contributed by atoms with Gasteiger partial charge in [0.25, 0.3) is 0 Å². The summed E-state index contributed by atoms with van der Waals surface area (Å²) in [5.41, 5.74) is -3.00. The molecule has 0 atom stereocenters. The van der Waals surface area contributed by atoms with Crippen molar-refractivity contribution in [3.8, 4) is 45.9 Å². The molecule has 1 N–H and O–H groups in total. The molecule has 0 aromatic heterocycles. The number of imide groups is 1. The van der Waals surface area contributed by atoms with E-state index >= 15 is 8.78 Å². The number of hydrogen-bond acceptors (Lipinski definition) is 8. The topological polar surface area (TPSA) is 162 Å². The third kappa shape index (κ3) is 5.85. The zero-order valence-corrected chi connectivity index (χ0v) is 23.0. The number of thioether (sulfide) groups is 1. The van der Waals surface area contributed by atoms with Crippen LogP contribution in [-0.4, -0.2) is 17.7 Å². The Balaban J connectivity index is 2.58. The van der Waals surface area contributed by atoms with Crippen LogP contribution in [0.1, 0.15) is 37.5 Å². The summed E-state index contributed by atoms with van der Waals surface area (Å²) >= 11 is 7.02. The molecule has 3 aromatic rings. The Kier molecular flexibility index (Phi) is 9.07. The summed E-state index contributed by atoms with van der Waals surface area (Å²) in [7, 11) is 0. The van der Waals surface area contributed by atoms with Gasteiger partial charge in [0.1, 0.15) is 35.2 Å². The summed E-state index contributed by atoms with van der Waals surface area (Å²) in [5.74, 6) is -4.67. The van der Waals surface area contributed by atoms with Crippen molar-refractivity contribution < 1.29 is 23.2 Å². The van der Waals surface area contributed by atoms with Gasteiger partial charge in [0.2, 0.25) is 17.7 Å². The van der Waals surface area contributed by atoms with Crippen LogP contribution in [0.5, 0.6) is 0 Å². The standard InChI is InChI=1S/C28H15ClF2N6O3S/c1-13(38)36-25-7-20(23(30)5-16(25)9-32)27-21(11-34)28(37(14(2)39)15(3)40)19(6-24(27)31)18-8-26(41-12-35)17(10-33)4-22(18)29/h4-8H,1-3H3,(H,36,38). The highest BCUT2D eigenvalue weighted by atomic mass is 35.5. The number of benzene rings is 3. The second kappa shape index (κ2) is 12.3. The van der Waals surface area contributed by atoms with Gasteiger partial charge in [0, 0.05) is 52.9 Å². The molecule has 13 heteroatoms. The van der Waals surface area contributed by atoms with E-state index in [1.54, 1.807) is 12.1 Å². The van der Waals surface area contributed by atoms with E-state index in [0.29, 0.717) is 16.7 Å². The van der Waals surface area contributed by atoms with E-state index in [0.717, 1.165) is 39.0 Å². The molecule has 3 amide bonds. The normalized spacial score (nSPS) is 10.0. The van der Waals surface area contributed by atoms with E-state index in [1.807, 2.05) is 11.5 Å². The highest BCUT2D eigenvalue weighted by molar-refractivity contribution is 8.03. The fraction of sp³-hybridized carbons (Fsp3) is 0.107. The zero-order valence-electron chi connectivity index (χ0n) is 21.4. The Bertz CT molecular complexity index is 1820. The summed E-state index contributed by atoms with van der Waals surface area (Å²) in [6.07, 6.45) is 0. The number of rotatable bonds is 5. The number of nitrogens with one attached hydrogen (secondary N) is 1. The quantitative estimate of drug-likeness (QED) is 0.280. The highest BCUT2D eigenvalue weighted by Crippen LogP contribution is 2.46. The van der Waals surface area contributed by atoms with Gasteiger partial charge in [-0.2, -0.15) is 21.0 Å². The third-order valence-corrected chi connectivity index (χ3v) is 6.62. The van der Waals surface area contributed by atoms with Gasteiger partial charge in [-0.25, -0.2) is 13.7 Å². The van der Waals surface area contributed by atoms with Gasteiger partial charge in [0.15, 0.2) is 0 Å². The molecule has 0 aliphatic carbocycles. The first-order valence-corrected chi connectivity index (χ1v) is 12.5. The van der Waals surface area contributed by atoms with E-state index in [4.69, 9.17) is 11.6 Å². The number of nitrogens with zero attached hydrogens (tertiary/aromatic N) is 5. The summed E-state index contributed by atoms with van der Waals surface area (Å²) in [4.78, 5) is 37.7. The molecule has 3 rings (SSSR count). The van der Waals surface area contributed by atoms with Gasteiger partial charge in [-0.1, -0.05) is 11.6 Å². The van der Waals surface area contributed by atoms with Crippen LogP contribution in [0.4, 0.5) is 20.2 Å². The van der Waals surface area contributed by atoms with Crippen molar-refractivity contribution in [2.24, 2.45) is 0 Å². The number of hydrogen-bond donors (Lipinski definition) is 1. The molecule has 0 radical (unpaired) electrons. The minimum absolute atomic E-state index is 0.0181. The highest BCUT2D eigenvalue weighted by Gasteiger charge is 2.31. The SMILES string of the molecule is CC(=O)Nc1cc(-c2c(F)cc(-c3cc(SC#N)c(C#N)cc3Cl)c(N(C(C)=O)C(C)=O)c2C#N)c(F)cc1C#N. The van der Waals surface area contributed by atoms with Gasteiger partial charge in [-0.3, -0.25) is 14.4 Å². The largest absolute Gasteiger partial charge is 0.325 e. The average molecular weight is 589 g/mol. The minimum Gasteiger partial charge on any atom is -0.325 e. The molecule has 0 heterocycles. The Morgan fingerprint density at radius 2 is 1.46 bits per heavy atom. The van der Waals surface area contributed by atoms with Crippen LogP contribution in [0.25, 0.3) is 22.3 Å². The Labute approximate surface area is 241 Å². The number of anilines is 2. The molecule has 9 nitrogen and oxygen atoms in total. The zero-order chi connectivity index (χ0) is 30.6. The Hall–Kier alpha value is -5.27. The van der Waals surface area contributed by atoms with Gasteiger partial charge < -0.3 is 5.32 Å². The van der Waals surface area contributed by atoms with E-state index in [-0.39, 0.29) is 37.9 Å². The van der Waals surface area contributed by atoms with Crippen LogP contribution in [0.2, 0.25) is 5.02 Å². The smallest absolute Gasteiger partial charge is 0.230 e. The van der Waals surface area contributed by atoms with Crippen LogP contribution in [0.15, 0.2) is 35.2 Å². The second-order valence-corrected chi connectivity index (χ2v) is 9.53. The maximum absolute atomic E-state index is 16.0. The first-order chi connectivity index (χ1) is 19.4. The lowest BCUT2D eigenvalue weighted by Crippen LogP contribution is -2.34. The van der Waals surface area contributed by atoms with Crippen molar-refractivity contribution >= 4 is 52.5 Å². The van der Waals surface area contributed by atoms with Crippen molar-refractivity contribution in [3.05, 3.63) is 63.7 Å². The Morgan fingerprint density at radius 1 is 0.829 bits per heavy atom. The van der Waals surface area contributed by atoms with Crippen LogP contribution in [-0.2, 0) is 14.4 Å². The number of thiocyanates is 1. The van der Waals surface area contributed by atoms with Crippen LogP contribution < -0.4 is 10.2 Å². The van der Waals surface area contributed by atoms with Crippen molar-refractivity contribution in [1.82, 2.24) is 0 Å². The molecule has 0 bridgehead atoms. The molecule has 0 aliphatic heterocycles. The molecule has 0 saturated heterocycles. The van der Waals surface area contributed by atoms with Crippen molar-refractivity contribution in [2.45, 2.75) is 25.7 Å². The summed E-state index contributed by atoms with van der Waals surface area (Å²) in [5, 5.41) is 42.2. The summed E-state index contributed by atoms with van der Waals surface area (Å²) in [6.45, 7) is 3.17. The van der Waals surface area contributed by atoms with Gasteiger partial charge in [-0.05, 0) is 42.1 Å². The number of halogens is 3. The van der Waals surface area contributed by atoms with E-state index in [1.165, 1.54) is 12.1 Å². The van der Waals surface area contributed by atoms with Gasteiger partial charge >= 0.3 is 0 Å². The minimum atomic E-state index is -1.18.